The smallest absolute Gasteiger partial charge is 0.257 e. The summed E-state index contributed by atoms with van der Waals surface area (Å²) < 4.78 is 5.47. The monoisotopic (exact) mass is 474 g/mol. The largest absolute Gasteiger partial charge is 0.378 e. The summed E-state index contributed by atoms with van der Waals surface area (Å²) in [6.45, 7) is 4.58. The van der Waals surface area contributed by atoms with Crippen LogP contribution in [0, 0.1) is 6.92 Å². The summed E-state index contributed by atoms with van der Waals surface area (Å²) in [7, 11) is 0. The molecule has 34 heavy (non-hydrogen) atoms. The molecule has 3 aromatic rings. The van der Waals surface area contributed by atoms with Gasteiger partial charge in [0.25, 0.3) is 11.8 Å². The van der Waals surface area contributed by atoms with Crippen LogP contribution in [0.25, 0.3) is 0 Å². The lowest BCUT2D eigenvalue weighted by Gasteiger charge is -2.31. The first kappa shape index (κ1) is 23.4. The molecule has 3 aromatic carbocycles. The molecule has 4 rings (SSSR count). The Morgan fingerprint density at radius 1 is 0.882 bits per heavy atom. The molecule has 0 radical (unpaired) electrons. The van der Waals surface area contributed by atoms with E-state index in [9.17, 15) is 9.59 Å². The number of amides is 2. The summed E-state index contributed by atoms with van der Waals surface area (Å²) in [5, 5.41) is 8.96. The summed E-state index contributed by atoms with van der Waals surface area (Å²) in [5.41, 5.74) is 4.18. The molecular weight excluding hydrogens is 448 g/mol. The summed E-state index contributed by atoms with van der Waals surface area (Å²) in [6, 6.07) is 22.0. The minimum atomic E-state index is -0.279. The third-order valence-electron chi connectivity index (χ3n) is 5.51. The zero-order valence-electron chi connectivity index (χ0n) is 18.8. The molecule has 2 amide bonds. The fraction of sp³-hybridized carbons (Fsp3) is 0.192. The van der Waals surface area contributed by atoms with Crippen molar-refractivity contribution in [2.45, 2.75) is 6.92 Å². The van der Waals surface area contributed by atoms with E-state index in [1.54, 1.807) is 18.2 Å². The number of morpholine rings is 1. The van der Waals surface area contributed by atoms with E-state index in [2.05, 4.69) is 20.9 Å². The van der Waals surface area contributed by atoms with Crippen LogP contribution in [0.1, 0.15) is 26.3 Å². The normalized spacial score (nSPS) is 13.1. The van der Waals surface area contributed by atoms with Crippen molar-refractivity contribution in [3.63, 3.8) is 0 Å². The molecular formula is C26H26N4O3S. The third-order valence-corrected chi connectivity index (χ3v) is 5.71. The predicted octanol–water partition coefficient (Wildman–Crippen LogP) is 4.21. The molecule has 174 valence electrons. The van der Waals surface area contributed by atoms with Crippen molar-refractivity contribution in [1.29, 1.82) is 0 Å². The van der Waals surface area contributed by atoms with Gasteiger partial charge in [-0.1, -0.05) is 36.4 Å². The van der Waals surface area contributed by atoms with Crippen LogP contribution in [-0.4, -0.2) is 43.2 Å². The summed E-state index contributed by atoms with van der Waals surface area (Å²) in [6.07, 6.45) is 0. The maximum absolute atomic E-state index is 12.9. The van der Waals surface area contributed by atoms with Gasteiger partial charge in [-0.15, -0.1) is 0 Å². The van der Waals surface area contributed by atoms with Crippen LogP contribution in [0.2, 0.25) is 0 Å². The van der Waals surface area contributed by atoms with E-state index in [1.807, 2.05) is 61.5 Å². The molecule has 0 aromatic heterocycles. The van der Waals surface area contributed by atoms with E-state index in [4.69, 9.17) is 17.0 Å². The lowest BCUT2D eigenvalue weighted by atomic mass is 10.1. The quantitative estimate of drug-likeness (QED) is 0.481. The predicted molar refractivity (Wildman–Crippen MR) is 139 cm³/mol. The van der Waals surface area contributed by atoms with Gasteiger partial charge in [0.2, 0.25) is 0 Å². The van der Waals surface area contributed by atoms with Crippen molar-refractivity contribution < 1.29 is 14.3 Å². The van der Waals surface area contributed by atoms with Crippen LogP contribution in [0.15, 0.2) is 72.8 Å². The fourth-order valence-corrected chi connectivity index (χ4v) is 3.95. The van der Waals surface area contributed by atoms with Gasteiger partial charge < -0.3 is 20.3 Å². The molecule has 1 fully saturated rings. The number of rotatable bonds is 5. The molecule has 3 N–H and O–H groups in total. The highest BCUT2D eigenvalue weighted by Crippen LogP contribution is 2.30. The molecule has 0 aliphatic carbocycles. The Balaban J connectivity index is 1.52. The Hall–Kier alpha value is -3.75. The van der Waals surface area contributed by atoms with Crippen LogP contribution in [0.3, 0.4) is 0 Å². The number of carbonyl (C=O) groups excluding carboxylic acids is 2. The van der Waals surface area contributed by atoms with Gasteiger partial charge in [-0.05, 0) is 61.1 Å². The number of nitrogens with zero attached hydrogens (tertiary/aromatic N) is 1. The van der Waals surface area contributed by atoms with E-state index in [0.29, 0.717) is 35.7 Å². The number of carbonyl (C=O) groups is 2. The SMILES string of the molecule is Cc1ccccc1C(=O)NC(=S)Nc1ccc(N2CCOCC2)c(NC(=O)c2ccccc2)c1. The number of thiocarbonyl (C=S) groups is 1. The Bertz CT molecular complexity index is 1190. The second kappa shape index (κ2) is 10.9. The van der Waals surface area contributed by atoms with Gasteiger partial charge in [0.15, 0.2) is 5.11 Å². The molecule has 1 saturated heterocycles. The number of anilines is 3. The molecule has 0 saturated carbocycles. The number of ether oxygens (including phenoxy) is 1. The summed E-state index contributed by atoms with van der Waals surface area (Å²) >= 11 is 5.36. The second-order valence-electron chi connectivity index (χ2n) is 7.87. The summed E-state index contributed by atoms with van der Waals surface area (Å²) in [4.78, 5) is 27.6. The van der Waals surface area contributed by atoms with Crippen LogP contribution in [0.5, 0.6) is 0 Å². The lowest BCUT2D eigenvalue weighted by Crippen LogP contribution is -2.37. The molecule has 1 heterocycles. The molecule has 0 atom stereocenters. The van der Waals surface area contributed by atoms with E-state index in [-0.39, 0.29) is 16.9 Å². The number of aryl methyl sites for hydroxylation is 1. The standard InChI is InChI=1S/C26H26N4O3S/c1-18-7-5-6-10-21(18)25(32)29-26(34)27-20-11-12-23(30-13-15-33-16-14-30)22(17-20)28-24(31)19-8-3-2-4-9-19/h2-12,17H,13-16H2,1H3,(H,28,31)(H2,27,29,32,34). The Morgan fingerprint density at radius 2 is 1.59 bits per heavy atom. The molecule has 1 aliphatic heterocycles. The van der Waals surface area contributed by atoms with Crippen LogP contribution in [-0.2, 0) is 4.74 Å². The minimum absolute atomic E-state index is 0.174. The minimum Gasteiger partial charge on any atom is -0.378 e. The van der Waals surface area contributed by atoms with Crippen molar-refractivity contribution in [3.8, 4) is 0 Å². The van der Waals surface area contributed by atoms with Crippen molar-refractivity contribution in [2.24, 2.45) is 0 Å². The highest BCUT2D eigenvalue weighted by molar-refractivity contribution is 7.80. The number of nitrogens with one attached hydrogen (secondary N) is 3. The van der Waals surface area contributed by atoms with E-state index in [1.165, 1.54) is 0 Å². The third kappa shape index (κ3) is 5.78. The molecule has 7 nitrogen and oxygen atoms in total. The zero-order chi connectivity index (χ0) is 23.9. The second-order valence-corrected chi connectivity index (χ2v) is 8.28. The van der Waals surface area contributed by atoms with E-state index in [0.717, 1.165) is 24.3 Å². The van der Waals surface area contributed by atoms with Crippen LogP contribution < -0.4 is 20.9 Å². The maximum atomic E-state index is 12.9. The van der Waals surface area contributed by atoms with Crippen molar-refractivity contribution in [3.05, 3.63) is 89.5 Å². The maximum Gasteiger partial charge on any atom is 0.257 e. The Kier molecular flexibility index (Phi) is 7.51. The number of hydrogen-bond donors (Lipinski definition) is 3. The highest BCUT2D eigenvalue weighted by Gasteiger charge is 2.18. The van der Waals surface area contributed by atoms with Crippen molar-refractivity contribution in [2.75, 3.05) is 41.8 Å². The van der Waals surface area contributed by atoms with Gasteiger partial charge in [0, 0.05) is 29.9 Å². The van der Waals surface area contributed by atoms with Gasteiger partial charge in [0.1, 0.15) is 0 Å². The van der Waals surface area contributed by atoms with Crippen molar-refractivity contribution in [1.82, 2.24) is 5.32 Å². The first-order chi connectivity index (χ1) is 16.5. The van der Waals surface area contributed by atoms with Gasteiger partial charge in [0.05, 0.1) is 24.6 Å². The average Bonchev–Trinajstić information content (AvgIpc) is 2.85. The molecule has 0 bridgehead atoms. The van der Waals surface area contributed by atoms with E-state index < -0.39 is 0 Å². The molecule has 1 aliphatic rings. The summed E-state index contributed by atoms with van der Waals surface area (Å²) in [5.74, 6) is -0.485. The topological polar surface area (TPSA) is 82.7 Å². The van der Waals surface area contributed by atoms with Crippen molar-refractivity contribution >= 4 is 46.2 Å². The van der Waals surface area contributed by atoms with Gasteiger partial charge in [-0.3, -0.25) is 14.9 Å². The Labute approximate surface area is 204 Å². The number of benzene rings is 3. The fourth-order valence-electron chi connectivity index (χ4n) is 3.74. The first-order valence-electron chi connectivity index (χ1n) is 11.0. The van der Waals surface area contributed by atoms with Gasteiger partial charge in [-0.25, -0.2) is 0 Å². The number of hydrogen-bond acceptors (Lipinski definition) is 5. The molecule has 8 heteroatoms. The molecule has 0 spiro atoms. The lowest BCUT2D eigenvalue weighted by molar-refractivity contribution is 0.0975. The highest BCUT2D eigenvalue weighted by atomic mass is 32.1. The van der Waals surface area contributed by atoms with Crippen LogP contribution in [0.4, 0.5) is 17.1 Å². The average molecular weight is 475 g/mol. The van der Waals surface area contributed by atoms with Crippen LogP contribution >= 0.6 is 12.2 Å². The van der Waals surface area contributed by atoms with E-state index >= 15 is 0 Å². The van der Waals surface area contributed by atoms with Gasteiger partial charge >= 0.3 is 0 Å². The first-order valence-corrected chi connectivity index (χ1v) is 11.4. The van der Waals surface area contributed by atoms with Gasteiger partial charge in [-0.2, -0.15) is 0 Å². The zero-order valence-corrected chi connectivity index (χ0v) is 19.7. The molecule has 0 unspecified atom stereocenters. The Morgan fingerprint density at radius 3 is 2.32 bits per heavy atom.